The fourth-order valence-corrected chi connectivity index (χ4v) is 3.64. The van der Waals surface area contributed by atoms with E-state index in [-0.39, 0.29) is 5.91 Å². The molecule has 1 amide bonds. The number of carbonyl (C=O) groups is 1. The van der Waals surface area contributed by atoms with Gasteiger partial charge in [-0.15, -0.1) is 10.2 Å². The molecule has 1 saturated heterocycles. The third-order valence-corrected chi connectivity index (χ3v) is 5.28. The smallest absolute Gasteiger partial charge is 0.259 e. The number of nitrogens with one attached hydrogen (secondary N) is 2. The lowest BCUT2D eigenvalue weighted by atomic mass is 10.0. The quantitative estimate of drug-likeness (QED) is 0.738. The van der Waals surface area contributed by atoms with Crippen molar-refractivity contribution in [1.82, 2.24) is 20.1 Å². The summed E-state index contributed by atoms with van der Waals surface area (Å²) in [4.78, 5) is 19.1. The Morgan fingerprint density at radius 2 is 2.31 bits per heavy atom. The highest BCUT2D eigenvalue weighted by Crippen LogP contribution is 2.18. The highest BCUT2D eigenvalue weighted by Gasteiger charge is 2.21. The van der Waals surface area contributed by atoms with Gasteiger partial charge < -0.3 is 5.32 Å². The molecule has 2 N–H and O–H groups in total. The number of amides is 1. The molecule has 0 aliphatic carbocycles. The normalized spacial score (nSPS) is 17.8. The SMILES string of the molecule is CCCCN1CCCCC1CNc1ccc(C(=O)Nc2nncs2)cn1. The predicted octanol–water partition coefficient (Wildman–Crippen LogP) is 3.25. The van der Waals surface area contributed by atoms with Crippen LogP contribution in [0, 0.1) is 0 Å². The number of rotatable bonds is 8. The van der Waals surface area contributed by atoms with E-state index in [9.17, 15) is 4.79 Å². The summed E-state index contributed by atoms with van der Waals surface area (Å²) in [5.41, 5.74) is 2.09. The first-order valence-corrected chi connectivity index (χ1v) is 10.2. The maximum absolute atomic E-state index is 12.1. The zero-order chi connectivity index (χ0) is 18.2. The van der Waals surface area contributed by atoms with Crippen molar-refractivity contribution < 1.29 is 4.79 Å². The van der Waals surface area contributed by atoms with Gasteiger partial charge in [0.05, 0.1) is 5.56 Å². The minimum Gasteiger partial charge on any atom is -0.369 e. The van der Waals surface area contributed by atoms with Gasteiger partial charge in [0.2, 0.25) is 5.13 Å². The molecule has 8 heteroatoms. The number of hydrogen-bond donors (Lipinski definition) is 2. The molecule has 140 valence electrons. The minimum atomic E-state index is -0.223. The van der Waals surface area contributed by atoms with Crippen LogP contribution in [0.25, 0.3) is 0 Å². The lowest BCUT2D eigenvalue weighted by Crippen LogP contribution is -2.44. The highest BCUT2D eigenvalue weighted by molar-refractivity contribution is 7.13. The van der Waals surface area contributed by atoms with Crippen LogP contribution in [0.15, 0.2) is 23.8 Å². The Hall–Kier alpha value is -2.06. The summed E-state index contributed by atoms with van der Waals surface area (Å²) in [6, 6.07) is 4.20. The summed E-state index contributed by atoms with van der Waals surface area (Å²) in [6.45, 7) is 5.52. The second-order valence-corrected chi connectivity index (χ2v) is 7.38. The van der Waals surface area contributed by atoms with Crippen LogP contribution in [0.2, 0.25) is 0 Å². The Morgan fingerprint density at radius 3 is 3.04 bits per heavy atom. The first-order chi connectivity index (χ1) is 12.8. The Kier molecular flexibility index (Phi) is 6.90. The Balaban J connectivity index is 1.51. The molecule has 2 aromatic rings. The van der Waals surface area contributed by atoms with Crippen molar-refractivity contribution in [3.63, 3.8) is 0 Å². The van der Waals surface area contributed by atoms with Crippen LogP contribution in [-0.4, -0.2) is 51.7 Å². The van der Waals surface area contributed by atoms with Crippen LogP contribution in [0.4, 0.5) is 10.9 Å². The number of likely N-dealkylation sites (tertiary alicyclic amines) is 1. The number of carbonyl (C=O) groups excluding carboxylic acids is 1. The molecule has 3 heterocycles. The van der Waals surface area contributed by atoms with Gasteiger partial charge in [0.1, 0.15) is 11.3 Å². The van der Waals surface area contributed by atoms with Gasteiger partial charge in [0.25, 0.3) is 5.91 Å². The Bertz CT molecular complexity index is 675. The summed E-state index contributed by atoms with van der Waals surface area (Å²) in [7, 11) is 0. The molecule has 0 radical (unpaired) electrons. The number of aromatic nitrogens is 3. The molecule has 1 aliphatic heterocycles. The van der Waals surface area contributed by atoms with E-state index in [4.69, 9.17) is 0 Å². The van der Waals surface area contributed by atoms with Gasteiger partial charge in [-0.05, 0) is 44.5 Å². The lowest BCUT2D eigenvalue weighted by molar-refractivity contribution is 0.102. The Labute approximate surface area is 158 Å². The molecule has 0 bridgehead atoms. The molecule has 7 nitrogen and oxygen atoms in total. The number of unbranched alkanes of at least 4 members (excludes halogenated alkanes) is 1. The van der Waals surface area contributed by atoms with E-state index in [2.05, 4.69) is 37.6 Å². The molecule has 2 aromatic heterocycles. The van der Waals surface area contributed by atoms with Crippen molar-refractivity contribution in [1.29, 1.82) is 0 Å². The van der Waals surface area contributed by atoms with Crippen molar-refractivity contribution in [2.75, 3.05) is 30.3 Å². The van der Waals surface area contributed by atoms with Gasteiger partial charge >= 0.3 is 0 Å². The second kappa shape index (κ2) is 9.59. The van der Waals surface area contributed by atoms with E-state index >= 15 is 0 Å². The number of piperidine rings is 1. The van der Waals surface area contributed by atoms with Gasteiger partial charge in [-0.3, -0.25) is 15.0 Å². The van der Waals surface area contributed by atoms with Gasteiger partial charge in [0.15, 0.2) is 0 Å². The number of anilines is 2. The van der Waals surface area contributed by atoms with E-state index in [1.54, 1.807) is 17.8 Å². The maximum Gasteiger partial charge on any atom is 0.259 e. The average molecular weight is 375 g/mol. The van der Waals surface area contributed by atoms with Crippen LogP contribution >= 0.6 is 11.3 Å². The summed E-state index contributed by atoms with van der Waals surface area (Å²) in [6.07, 6.45) is 7.92. The minimum absolute atomic E-state index is 0.223. The van der Waals surface area contributed by atoms with Crippen LogP contribution in [0.1, 0.15) is 49.4 Å². The molecule has 1 fully saturated rings. The van der Waals surface area contributed by atoms with E-state index in [0.717, 1.165) is 12.4 Å². The molecular weight excluding hydrogens is 348 g/mol. The highest BCUT2D eigenvalue weighted by atomic mass is 32.1. The molecule has 0 aromatic carbocycles. The summed E-state index contributed by atoms with van der Waals surface area (Å²) < 4.78 is 0. The topological polar surface area (TPSA) is 83.0 Å². The molecule has 1 unspecified atom stereocenters. The van der Waals surface area contributed by atoms with Crippen LogP contribution in [-0.2, 0) is 0 Å². The summed E-state index contributed by atoms with van der Waals surface area (Å²) in [5.74, 6) is 0.581. The fourth-order valence-electron chi connectivity index (χ4n) is 3.20. The monoisotopic (exact) mass is 374 g/mol. The molecule has 0 spiro atoms. The lowest BCUT2D eigenvalue weighted by Gasteiger charge is -2.35. The molecular formula is C18H26N6OS. The van der Waals surface area contributed by atoms with Gasteiger partial charge in [-0.25, -0.2) is 4.98 Å². The standard InChI is InChI=1S/C18H26N6OS/c1-2-3-9-24-10-5-4-6-15(24)12-20-16-8-7-14(11-19-16)17(25)22-18-23-21-13-26-18/h7-8,11,13,15H,2-6,9-10,12H2,1H3,(H,19,20)(H,22,23,25). The summed E-state index contributed by atoms with van der Waals surface area (Å²) in [5, 5.41) is 14.1. The van der Waals surface area contributed by atoms with Crippen LogP contribution in [0.5, 0.6) is 0 Å². The van der Waals surface area contributed by atoms with Crippen LogP contribution < -0.4 is 10.6 Å². The van der Waals surface area contributed by atoms with E-state index < -0.39 is 0 Å². The molecule has 1 aliphatic rings. The zero-order valence-corrected chi connectivity index (χ0v) is 16.0. The van der Waals surface area contributed by atoms with Crippen molar-refractivity contribution >= 4 is 28.2 Å². The first-order valence-electron chi connectivity index (χ1n) is 9.27. The predicted molar refractivity (Wildman–Crippen MR) is 105 cm³/mol. The van der Waals surface area contributed by atoms with Gasteiger partial charge in [-0.2, -0.15) is 0 Å². The summed E-state index contributed by atoms with van der Waals surface area (Å²) >= 11 is 1.29. The van der Waals surface area contributed by atoms with Crippen LogP contribution in [0.3, 0.4) is 0 Å². The van der Waals surface area contributed by atoms with Crippen molar-refractivity contribution in [2.45, 2.75) is 45.1 Å². The van der Waals surface area contributed by atoms with Crippen molar-refractivity contribution in [3.05, 3.63) is 29.4 Å². The third kappa shape index (κ3) is 5.22. The largest absolute Gasteiger partial charge is 0.369 e. The molecule has 1 atom stereocenters. The van der Waals surface area contributed by atoms with Crippen molar-refractivity contribution in [3.8, 4) is 0 Å². The van der Waals surface area contributed by atoms with E-state index in [0.29, 0.717) is 16.7 Å². The number of nitrogens with zero attached hydrogens (tertiary/aromatic N) is 4. The van der Waals surface area contributed by atoms with Gasteiger partial charge in [-0.1, -0.05) is 31.1 Å². The fraction of sp³-hybridized carbons (Fsp3) is 0.556. The Morgan fingerprint density at radius 1 is 1.38 bits per heavy atom. The second-order valence-electron chi connectivity index (χ2n) is 6.55. The third-order valence-electron chi connectivity index (χ3n) is 4.67. The molecule has 26 heavy (non-hydrogen) atoms. The average Bonchev–Trinajstić information content (AvgIpc) is 3.18. The molecule has 0 saturated carbocycles. The zero-order valence-electron chi connectivity index (χ0n) is 15.1. The maximum atomic E-state index is 12.1. The first kappa shape index (κ1) is 18.7. The van der Waals surface area contributed by atoms with E-state index in [1.165, 1.54) is 56.5 Å². The van der Waals surface area contributed by atoms with Gasteiger partial charge in [0, 0.05) is 18.8 Å². The number of pyridine rings is 1. The van der Waals surface area contributed by atoms with Crippen molar-refractivity contribution in [2.24, 2.45) is 0 Å². The van der Waals surface area contributed by atoms with E-state index in [1.807, 2.05) is 6.07 Å². The number of hydrogen-bond acceptors (Lipinski definition) is 7. The molecule has 3 rings (SSSR count).